The SMILES string of the molecule is CC(C)c1cccc(C(C)C)c1-c1cccc(-c2c(C(C)C)cccc2C(C)C)c1C[Se]I. The Morgan fingerprint density at radius 2 is 0.848 bits per heavy atom. The third kappa shape index (κ3) is 5.60. The van der Waals surface area contributed by atoms with Gasteiger partial charge in [0, 0.05) is 0 Å². The van der Waals surface area contributed by atoms with Gasteiger partial charge in [0.1, 0.15) is 0 Å². The van der Waals surface area contributed by atoms with Gasteiger partial charge in [0.15, 0.2) is 0 Å². The molecule has 176 valence electrons. The van der Waals surface area contributed by atoms with Crippen LogP contribution in [0.4, 0.5) is 0 Å². The van der Waals surface area contributed by atoms with Gasteiger partial charge in [-0.3, -0.25) is 0 Å². The second-order valence-electron chi connectivity index (χ2n) is 10.3. The van der Waals surface area contributed by atoms with E-state index in [1.54, 1.807) is 0 Å². The second kappa shape index (κ2) is 11.6. The van der Waals surface area contributed by atoms with Crippen molar-refractivity contribution in [1.29, 1.82) is 0 Å². The molecule has 33 heavy (non-hydrogen) atoms. The van der Waals surface area contributed by atoms with Crippen molar-refractivity contribution in [3.05, 3.63) is 82.4 Å². The van der Waals surface area contributed by atoms with Gasteiger partial charge in [0.2, 0.25) is 0 Å². The fourth-order valence-electron chi connectivity index (χ4n) is 4.99. The van der Waals surface area contributed by atoms with Gasteiger partial charge < -0.3 is 0 Å². The van der Waals surface area contributed by atoms with Crippen LogP contribution in [0.15, 0.2) is 54.6 Å². The summed E-state index contributed by atoms with van der Waals surface area (Å²) in [6.07, 6.45) is 0. The van der Waals surface area contributed by atoms with Crippen LogP contribution in [0.3, 0.4) is 0 Å². The van der Waals surface area contributed by atoms with Crippen molar-refractivity contribution >= 4 is 32.1 Å². The summed E-state index contributed by atoms with van der Waals surface area (Å²) in [7, 11) is 0. The van der Waals surface area contributed by atoms with Crippen LogP contribution in [0.25, 0.3) is 22.3 Å². The Labute approximate surface area is 219 Å². The van der Waals surface area contributed by atoms with Crippen molar-refractivity contribution in [2.24, 2.45) is 0 Å². The molecule has 0 spiro atoms. The Bertz CT molecular complexity index is 958. The molecule has 2 heteroatoms. The van der Waals surface area contributed by atoms with Gasteiger partial charge in [-0.05, 0) is 0 Å². The normalized spacial score (nSPS) is 11.9. The molecule has 0 heterocycles. The molecular formula is C31H39ISe. The molecule has 0 nitrogen and oxygen atoms in total. The summed E-state index contributed by atoms with van der Waals surface area (Å²) in [5.74, 6) is 1.98. The summed E-state index contributed by atoms with van der Waals surface area (Å²) in [5.41, 5.74) is 13.3. The van der Waals surface area contributed by atoms with Gasteiger partial charge in [-0.1, -0.05) is 0 Å². The van der Waals surface area contributed by atoms with Crippen LogP contribution in [0.2, 0.25) is 0 Å². The van der Waals surface area contributed by atoms with Gasteiger partial charge in [-0.2, -0.15) is 0 Å². The molecule has 3 aromatic rings. The van der Waals surface area contributed by atoms with Crippen molar-refractivity contribution in [2.45, 2.75) is 84.4 Å². The second-order valence-corrected chi connectivity index (χ2v) is 14.6. The van der Waals surface area contributed by atoms with Crippen LogP contribution < -0.4 is 0 Å². The van der Waals surface area contributed by atoms with Crippen molar-refractivity contribution in [3.63, 3.8) is 0 Å². The molecule has 0 aliphatic heterocycles. The molecule has 0 aromatic heterocycles. The van der Waals surface area contributed by atoms with Crippen LogP contribution >= 0.6 is 20.3 Å². The fourth-order valence-corrected chi connectivity index (χ4v) is 7.49. The molecule has 0 bridgehead atoms. The van der Waals surface area contributed by atoms with Crippen LogP contribution in [0.5, 0.6) is 0 Å². The quantitative estimate of drug-likeness (QED) is 0.174. The van der Waals surface area contributed by atoms with Gasteiger partial charge in [-0.25, -0.2) is 0 Å². The Balaban J connectivity index is 2.45. The van der Waals surface area contributed by atoms with E-state index in [-0.39, 0.29) is 0 Å². The zero-order chi connectivity index (χ0) is 24.3. The number of hydrogen-bond acceptors (Lipinski definition) is 0. The van der Waals surface area contributed by atoms with E-state index in [1.165, 1.54) is 50.1 Å². The minimum absolute atomic E-state index is 0.495. The summed E-state index contributed by atoms with van der Waals surface area (Å²) in [4.78, 5) is 0. The van der Waals surface area contributed by atoms with E-state index in [0.29, 0.717) is 35.4 Å². The first kappa shape index (κ1) is 26.5. The van der Waals surface area contributed by atoms with E-state index in [2.05, 4.69) is 130 Å². The van der Waals surface area contributed by atoms with E-state index < -0.39 is 0 Å². The summed E-state index contributed by atoms with van der Waals surface area (Å²) in [6.45, 7) is 18.7. The predicted molar refractivity (Wildman–Crippen MR) is 157 cm³/mol. The van der Waals surface area contributed by atoms with Crippen LogP contribution in [-0.4, -0.2) is 11.7 Å². The molecular weight excluding hydrogens is 578 g/mol. The van der Waals surface area contributed by atoms with Gasteiger partial charge in [0.25, 0.3) is 0 Å². The van der Waals surface area contributed by atoms with E-state index in [9.17, 15) is 0 Å². The molecule has 0 saturated carbocycles. The molecule has 0 N–H and O–H groups in total. The van der Waals surface area contributed by atoms with E-state index in [1.807, 2.05) is 0 Å². The van der Waals surface area contributed by atoms with Crippen LogP contribution in [-0.2, 0) is 5.32 Å². The van der Waals surface area contributed by atoms with E-state index in [0.717, 1.165) is 5.32 Å². The Morgan fingerprint density at radius 1 is 0.545 bits per heavy atom. The summed E-state index contributed by atoms with van der Waals surface area (Å²) in [5, 5.41) is 1.15. The molecule has 0 aliphatic carbocycles. The number of halogens is 1. The zero-order valence-electron chi connectivity index (χ0n) is 21.5. The van der Waals surface area contributed by atoms with Gasteiger partial charge >= 0.3 is 221 Å². The first-order valence-corrected chi connectivity index (χ1v) is 18.7. The molecule has 0 radical (unpaired) electrons. The van der Waals surface area contributed by atoms with Gasteiger partial charge in [0.05, 0.1) is 0 Å². The van der Waals surface area contributed by atoms with Crippen LogP contribution in [0.1, 0.15) is 107 Å². The zero-order valence-corrected chi connectivity index (χ0v) is 25.4. The molecule has 0 aliphatic rings. The molecule has 0 saturated heterocycles. The Kier molecular flexibility index (Phi) is 9.29. The monoisotopic (exact) mass is 618 g/mol. The van der Waals surface area contributed by atoms with Crippen molar-refractivity contribution in [1.82, 2.24) is 0 Å². The molecule has 3 rings (SSSR count). The maximum atomic E-state index is 2.61. The molecule has 0 unspecified atom stereocenters. The third-order valence-corrected chi connectivity index (χ3v) is 9.11. The Morgan fingerprint density at radius 3 is 1.12 bits per heavy atom. The average Bonchev–Trinajstić information content (AvgIpc) is 2.78. The Hall–Kier alpha value is -1.09. The van der Waals surface area contributed by atoms with E-state index in [4.69, 9.17) is 0 Å². The first-order valence-electron chi connectivity index (χ1n) is 12.3. The topological polar surface area (TPSA) is 0 Å². The summed E-state index contributed by atoms with van der Waals surface area (Å²) < 4.78 is 0. The number of hydrogen-bond donors (Lipinski definition) is 0. The predicted octanol–water partition coefficient (Wildman–Crippen LogP) is 10.1. The standard InChI is InChI=1S/C31H39ISe/c1-19(2)23-12-9-13-24(20(3)4)30(23)27-16-11-17-28(29(27)18-33-32)31-25(21(5)6)14-10-15-26(31)22(7)8/h9-17,19-22H,18H2,1-8H3. The molecule has 0 atom stereocenters. The minimum atomic E-state index is 0.495. The molecule has 3 aromatic carbocycles. The third-order valence-electron chi connectivity index (χ3n) is 6.66. The molecule has 0 amide bonds. The molecule has 0 fully saturated rings. The fraction of sp³-hybridized carbons (Fsp3) is 0.419. The van der Waals surface area contributed by atoms with E-state index >= 15 is 0 Å². The first-order chi connectivity index (χ1) is 15.7. The average molecular weight is 618 g/mol. The maximum absolute atomic E-state index is 2.61. The number of rotatable bonds is 8. The number of benzene rings is 3. The van der Waals surface area contributed by atoms with Crippen LogP contribution in [0, 0.1) is 0 Å². The summed E-state index contributed by atoms with van der Waals surface area (Å²) >= 11 is 3.14. The van der Waals surface area contributed by atoms with Crippen molar-refractivity contribution in [3.8, 4) is 22.3 Å². The van der Waals surface area contributed by atoms with Crippen molar-refractivity contribution in [2.75, 3.05) is 0 Å². The summed E-state index contributed by atoms with van der Waals surface area (Å²) in [6, 6.07) is 21.0. The van der Waals surface area contributed by atoms with Gasteiger partial charge in [-0.15, -0.1) is 0 Å². The van der Waals surface area contributed by atoms with Crippen molar-refractivity contribution < 1.29 is 0 Å².